The maximum Gasteiger partial charge on any atom is 0.352 e. The highest BCUT2D eigenvalue weighted by molar-refractivity contribution is 7.92. The van der Waals surface area contributed by atoms with Gasteiger partial charge in [0.05, 0.1) is 17.0 Å². The Hall–Kier alpha value is -3.07. The number of nitrogens with zero attached hydrogens (tertiary/aromatic N) is 2. The number of fused-ring (bicyclic) bond motifs is 1. The summed E-state index contributed by atoms with van der Waals surface area (Å²) in [5.74, 6) is -2.73. The van der Waals surface area contributed by atoms with Gasteiger partial charge < -0.3 is 5.11 Å². The van der Waals surface area contributed by atoms with Gasteiger partial charge in [0.15, 0.2) is 15.2 Å². The summed E-state index contributed by atoms with van der Waals surface area (Å²) in [6.07, 6.45) is 5.32. The Morgan fingerprint density at radius 1 is 1.36 bits per heavy atom. The smallest absolute Gasteiger partial charge is 0.352 e. The molecule has 0 aromatic carbocycles. The number of allylic oxidation sites excluding steroid dienone is 2. The van der Waals surface area contributed by atoms with Gasteiger partial charge >= 0.3 is 5.97 Å². The summed E-state index contributed by atoms with van der Waals surface area (Å²) in [4.78, 5) is 39.1. The van der Waals surface area contributed by atoms with Crippen molar-refractivity contribution in [2.24, 2.45) is 0 Å². The van der Waals surface area contributed by atoms with Crippen molar-refractivity contribution in [1.82, 2.24) is 9.88 Å². The van der Waals surface area contributed by atoms with E-state index in [0.29, 0.717) is 12.0 Å². The maximum absolute atomic E-state index is 12.5. The van der Waals surface area contributed by atoms with E-state index in [1.807, 2.05) is 0 Å². The molecule has 0 bridgehead atoms. The number of carbonyl (C=O) groups is 3. The lowest BCUT2D eigenvalue weighted by molar-refractivity contribution is -0.141. The summed E-state index contributed by atoms with van der Waals surface area (Å²) in [5, 5.41) is 8.03. The minimum atomic E-state index is -3.85. The molecular weight excluding hydrogens is 348 g/mol. The van der Waals surface area contributed by atoms with Gasteiger partial charge in [-0.15, -0.1) is 0 Å². The van der Waals surface area contributed by atoms with Crippen LogP contribution in [0.4, 0.5) is 0 Å². The van der Waals surface area contributed by atoms with Crippen LogP contribution in [-0.4, -0.2) is 52.7 Å². The summed E-state index contributed by atoms with van der Waals surface area (Å²) in [7, 11) is -3.85. The largest absolute Gasteiger partial charge is 0.477 e. The molecule has 2 aliphatic heterocycles. The fourth-order valence-corrected chi connectivity index (χ4v) is 4.69. The molecule has 128 valence electrons. The van der Waals surface area contributed by atoms with Crippen LogP contribution >= 0.6 is 0 Å². The SMILES string of the molecule is O=CC=CC1=C(C(=O)O)N2C(=O)C(=Cc3ccccn3)[C@H]2S(=O)(=O)C1. The number of aldehydes is 1. The van der Waals surface area contributed by atoms with Crippen LogP contribution in [0, 0.1) is 0 Å². The Kier molecular flexibility index (Phi) is 4.09. The summed E-state index contributed by atoms with van der Waals surface area (Å²) in [6.45, 7) is 0. The second kappa shape index (κ2) is 6.10. The molecule has 2 aliphatic rings. The van der Waals surface area contributed by atoms with Crippen molar-refractivity contribution >= 4 is 34.1 Å². The van der Waals surface area contributed by atoms with Crippen LogP contribution in [0.15, 0.2) is 53.4 Å². The number of hydrogen-bond donors (Lipinski definition) is 1. The highest BCUT2D eigenvalue weighted by Crippen LogP contribution is 2.40. The number of carboxylic acid groups (broad SMARTS) is 1. The van der Waals surface area contributed by atoms with Gasteiger partial charge in [-0.3, -0.25) is 19.5 Å². The first-order valence-corrected chi connectivity index (χ1v) is 8.84. The molecule has 1 N–H and O–H groups in total. The predicted molar refractivity (Wildman–Crippen MR) is 86.5 cm³/mol. The fraction of sp³-hybridized carbons (Fsp3) is 0.125. The number of sulfone groups is 1. The minimum absolute atomic E-state index is 0.0316. The van der Waals surface area contributed by atoms with E-state index in [9.17, 15) is 27.9 Å². The molecule has 0 aliphatic carbocycles. The Balaban J connectivity index is 2.11. The topological polar surface area (TPSA) is 122 Å². The molecule has 0 radical (unpaired) electrons. The number of amides is 1. The third-order valence-electron chi connectivity index (χ3n) is 3.78. The molecule has 0 unspecified atom stereocenters. The Bertz CT molecular complexity index is 960. The molecule has 1 aromatic rings. The Morgan fingerprint density at radius 2 is 2.12 bits per heavy atom. The van der Waals surface area contributed by atoms with Crippen molar-refractivity contribution < 1.29 is 27.9 Å². The van der Waals surface area contributed by atoms with E-state index >= 15 is 0 Å². The third-order valence-corrected chi connectivity index (χ3v) is 5.64. The standard InChI is InChI=1S/C16H12N2O6S/c19-7-3-4-10-9-25(23,24)15-12(8-11-5-1-2-6-17-11)14(20)18(15)13(10)16(21)22/h1-8,15H,9H2,(H,21,22)/t15-/m1/s1. The molecule has 1 atom stereocenters. The first-order valence-electron chi connectivity index (χ1n) is 7.13. The number of pyridine rings is 1. The molecule has 3 rings (SSSR count). The van der Waals surface area contributed by atoms with Gasteiger partial charge in [0.1, 0.15) is 12.0 Å². The number of β-lactam (4-membered cyclic amide) rings is 1. The molecule has 1 aromatic heterocycles. The molecule has 0 spiro atoms. The van der Waals surface area contributed by atoms with E-state index in [-0.39, 0.29) is 11.1 Å². The molecule has 8 nitrogen and oxygen atoms in total. The lowest BCUT2D eigenvalue weighted by Crippen LogP contribution is -2.62. The van der Waals surface area contributed by atoms with Gasteiger partial charge in [-0.25, -0.2) is 13.2 Å². The maximum atomic E-state index is 12.5. The first-order chi connectivity index (χ1) is 11.9. The monoisotopic (exact) mass is 360 g/mol. The summed E-state index contributed by atoms with van der Waals surface area (Å²) < 4.78 is 25.1. The highest BCUT2D eigenvalue weighted by atomic mass is 32.2. The quantitative estimate of drug-likeness (QED) is 0.461. The second-order valence-electron chi connectivity index (χ2n) is 5.36. The molecule has 1 saturated heterocycles. The van der Waals surface area contributed by atoms with Gasteiger partial charge in [-0.1, -0.05) is 12.1 Å². The number of rotatable bonds is 4. The Labute approximate surface area is 142 Å². The van der Waals surface area contributed by atoms with Crippen LogP contribution in [-0.2, 0) is 24.2 Å². The number of aromatic nitrogens is 1. The van der Waals surface area contributed by atoms with Gasteiger partial charge in [0.25, 0.3) is 5.91 Å². The molecular formula is C16H12N2O6S. The van der Waals surface area contributed by atoms with E-state index in [1.165, 1.54) is 12.3 Å². The molecule has 9 heteroatoms. The van der Waals surface area contributed by atoms with Crippen LogP contribution in [0.2, 0.25) is 0 Å². The van der Waals surface area contributed by atoms with Crippen molar-refractivity contribution in [2.75, 3.05) is 5.75 Å². The summed E-state index contributed by atoms with van der Waals surface area (Å²) in [6, 6.07) is 4.95. The fourth-order valence-electron chi connectivity index (χ4n) is 2.79. The van der Waals surface area contributed by atoms with Crippen molar-refractivity contribution in [1.29, 1.82) is 0 Å². The average Bonchev–Trinajstić information content (AvgIpc) is 2.57. The van der Waals surface area contributed by atoms with Crippen LogP contribution in [0.5, 0.6) is 0 Å². The van der Waals surface area contributed by atoms with Crippen molar-refractivity contribution in [3.8, 4) is 0 Å². The first kappa shape index (κ1) is 16.8. The molecule has 3 heterocycles. The number of aliphatic carboxylic acids is 1. The second-order valence-corrected chi connectivity index (χ2v) is 7.42. The minimum Gasteiger partial charge on any atom is -0.477 e. The molecule has 1 fully saturated rings. The molecule has 0 saturated carbocycles. The van der Waals surface area contributed by atoms with Gasteiger partial charge in [0.2, 0.25) is 0 Å². The molecule has 1 amide bonds. The zero-order valence-electron chi connectivity index (χ0n) is 12.7. The van der Waals surface area contributed by atoms with Crippen LogP contribution in [0.1, 0.15) is 5.69 Å². The van der Waals surface area contributed by atoms with Crippen LogP contribution in [0.3, 0.4) is 0 Å². The van der Waals surface area contributed by atoms with E-state index in [1.54, 1.807) is 18.2 Å². The summed E-state index contributed by atoms with van der Waals surface area (Å²) in [5.41, 5.74) is -0.175. The van der Waals surface area contributed by atoms with Gasteiger partial charge in [0, 0.05) is 6.20 Å². The van der Waals surface area contributed by atoms with Crippen LogP contribution in [0.25, 0.3) is 6.08 Å². The zero-order valence-corrected chi connectivity index (χ0v) is 13.5. The van der Waals surface area contributed by atoms with Gasteiger partial charge in [-0.2, -0.15) is 0 Å². The Morgan fingerprint density at radius 3 is 2.72 bits per heavy atom. The van der Waals surface area contributed by atoms with Crippen molar-refractivity contribution in [3.63, 3.8) is 0 Å². The number of carboxylic acids is 1. The van der Waals surface area contributed by atoms with E-state index < -0.39 is 38.5 Å². The van der Waals surface area contributed by atoms with Crippen molar-refractivity contribution in [3.05, 3.63) is 59.1 Å². The lowest BCUT2D eigenvalue weighted by atomic mass is 10.0. The normalized spacial score (nSPS) is 23.5. The van der Waals surface area contributed by atoms with Crippen LogP contribution < -0.4 is 0 Å². The lowest BCUT2D eigenvalue weighted by Gasteiger charge is -2.45. The van der Waals surface area contributed by atoms with Crippen molar-refractivity contribution in [2.45, 2.75) is 5.37 Å². The molecule has 25 heavy (non-hydrogen) atoms. The highest BCUT2D eigenvalue weighted by Gasteiger charge is 2.56. The third kappa shape index (κ3) is 2.78. The van der Waals surface area contributed by atoms with E-state index in [0.717, 1.165) is 17.1 Å². The zero-order chi connectivity index (χ0) is 18.2. The number of carbonyl (C=O) groups excluding carboxylic acids is 2. The predicted octanol–water partition coefficient (Wildman–Crippen LogP) is 0.156. The van der Waals surface area contributed by atoms with E-state index in [4.69, 9.17) is 0 Å². The van der Waals surface area contributed by atoms with E-state index in [2.05, 4.69) is 4.98 Å². The average molecular weight is 360 g/mol. The summed E-state index contributed by atoms with van der Waals surface area (Å²) >= 11 is 0. The van der Waals surface area contributed by atoms with Gasteiger partial charge in [-0.05, 0) is 29.9 Å². The number of hydrogen-bond acceptors (Lipinski definition) is 6.